The third-order valence-corrected chi connectivity index (χ3v) is 6.24. The Hall–Kier alpha value is -2.71. The summed E-state index contributed by atoms with van der Waals surface area (Å²) in [7, 11) is 1.90. The van der Waals surface area contributed by atoms with Gasteiger partial charge in [-0.05, 0) is 12.1 Å². The fourth-order valence-corrected chi connectivity index (χ4v) is 4.68. The second kappa shape index (κ2) is 7.03. The van der Waals surface area contributed by atoms with Crippen LogP contribution in [0.3, 0.4) is 0 Å². The van der Waals surface area contributed by atoms with Gasteiger partial charge in [-0.3, -0.25) is 9.67 Å². The summed E-state index contributed by atoms with van der Waals surface area (Å²) < 4.78 is 2.90. The Labute approximate surface area is 171 Å². The topological polar surface area (TPSA) is 63.0 Å². The molecule has 4 heterocycles. The molecule has 0 amide bonds. The summed E-state index contributed by atoms with van der Waals surface area (Å²) in [5.74, 6) is 0.897. The predicted octanol–water partition coefficient (Wildman–Crippen LogP) is 3.47. The summed E-state index contributed by atoms with van der Waals surface area (Å²) in [6.45, 7) is 3.51. The van der Waals surface area contributed by atoms with E-state index in [1.54, 1.807) is 22.2 Å². The van der Waals surface area contributed by atoms with E-state index in [-0.39, 0.29) is 0 Å². The lowest BCUT2D eigenvalue weighted by molar-refractivity contribution is 0.645. The minimum Gasteiger partial charge on any atom is -0.352 e. The zero-order chi connectivity index (χ0) is 19.1. The first-order valence-corrected chi connectivity index (χ1v) is 10.2. The van der Waals surface area contributed by atoms with Crippen molar-refractivity contribution in [1.29, 1.82) is 0 Å². The van der Waals surface area contributed by atoms with Gasteiger partial charge in [-0.25, -0.2) is 9.97 Å². The van der Waals surface area contributed by atoms with Crippen LogP contribution in [-0.2, 0) is 7.05 Å². The van der Waals surface area contributed by atoms with Crippen molar-refractivity contribution in [2.75, 3.05) is 36.0 Å². The molecule has 4 aromatic rings. The fraction of sp³-hybridized carbons (Fsp3) is 0.263. The maximum absolute atomic E-state index is 6.28. The normalized spacial score (nSPS) is 14.8. The number of thiazole rings is 1. The van der Waals surface area contributed by atoms with E-state index in [1.165, 1.54) is 0 Å². The highest BCUT2D eigenvalue weighted by Gasteiger charge is 2.21. The van der Waals surface area contributed by atoms with E-state index < -0.39 is 0 Å². The number of para-hydroxylation sites is 1. The van der Waals surface area contributed by atoms with Crippen LogP contribution in [0, 0.1) is 0 Å². The molecular weight excluding hydrogens is 394 g/mol. The molecule has 0 spiro atoms. The highest BCUT2D eigenvalue weighted by atomic mass is 35.5. The lowest BCUT2D eigenvalue weighted by Gasteiger charge is -2.35. The molecule has 0 atom stereocenters. The number of rotatable bonds is 3. The highest BCUT2D eigenvalue weighted by Crippen LogP contribution is 2.33. The van der Waals surface area contributed by atoms with Crippen molar-refractivity contribution < 1.29 is 0 Å². The Kier molecular flexibility index (Phi) is 4.37. The van der Waals surface area contributed by atoms with Crippen LogP contribution in [0.2, 0.25) is 5.02 Å². The van der Waals surface area contributed by atoms with Crippen LogP contribution in [0.25, 0.3) is 21.5 Å². The summed E-state index contributed by atoms with van der Waals surface area (Å²) in [4.78, 5) is 18.5. The van der Waals surface area contributed by atoms with Gasteiger partial charge in [0.2, 0.25) is 0 Å². The molecule has 0 bridgehead atoms. The van der Waals surface area contributed by atoms with Crippen LogP contribution in [0.5, 0.6) is 0 Å². The quantitative estimate of drug-likeness (QED) is 0.514. The maximum Gasteiger partial charge on any atom is 0.186 e. The van der Waals surface area contributed by atoms with Gasteiger partial charge in [-0.2, -0.15) is 5.10 Å². The number of hydrogen-bond acceptors (Lipinski definition) is 7. The molecule has 142 valence electrons. The average molecular weight is 412 g/mol. The second-order valence-corrected chi connectivity index (χ2v) is 8.14. The van der Waals surface area contributed by atoms with E-state index in [2.05, 4.69) is 25.9 Å². The monoisotopic (exact) mass is 411 g/mol. The number of halogens is 1. The zero-order valence-corrected chi connectivity index (χ0v) is 16.9. The number of nitrogens with zero attached hydrogens (tertiary/aromatic N) is 7. The van der Waals surface area contributed by atoms with Gasteiger partial charge in [-0.15, -0.1) is 0 Å². The molecule has 0 saturated carbocycles. The molecule has 5 rings (SSSR count). The number of fused-ring (bicyclic) bond motifs is 1. The highest BCUT2D eigenvalue weighted by molar-refractivity contribution is 7.22. The Morgan fingerprint density at radius 1 is 1.00 bits per heavy atom. The molecule has 0 aliphatic carbocycles. The number of benzene rings is 1. The largest absolute Gasteiger partial charge is 0.352 e. The van der Waals surface area contributed by atoms with Crippen LogP contribution < -0.4 is 9.80 Å². The molecule has 1 fully saturated rings. The average Bonchev–Trinajstić information content (AvgIpc) is 3.36. The van der Waals surface area contributed by atoms with Gasteiger partial charge < -0.3 is 9.80 Å². The van der Waals surface area contributed by atoms with E-state index in [9.17, 15) is 0 Å². The first kappa shape index (κ1) is 17.4. The molecule has 3 aromatic heterocycles. The smallest absolute Gasteiger partial charge is 0.186 e. The Morgan fingerprint density at radius 3 is 2.57 bits per heavy atom. The minimum atomic E-state index is 0.709. The lowest BCUT2D eigenvalue weighted by atomic mass is 10.2. The molecule has 9 heteroatoms. The first-order valence-electron chi connectivity index (χ1n) is 9.03. The minimum absolute atomic E-state index is 0.709. The third kappa shape index (κ3) is 3.18. The molecule has 7 nitrogen and oxygen atoms in total. The summed E-state index contributed by atoms with van der Waals surface area (Å²) in [5.41, 5.74) is 2.71. The number of piperazine rings is 1. The van der Waals surface area contributed by atoms with Crippen molar-refractivity contribution in [3.63, 3.8) is 0 Å². The van der Waals surface area contributed by atoms with Gasteiger partial charge in [0, 0.05) is 45.0 Å². The van der Waals surface area contributed by atoms with Crippen LogP contribution in [0.15, 0.2) is 43.0 Å². The number of aromatic nitrogens is 5. The molecule has 28 heavy (non-hydrogen) atoms. The third-order valence-electron chi connectivity index (χ3n) is 4.86. The van der Waals surface area contributed by atoms with Crippen molar-refractivity contribution in [3.8, 4) is 11.3 Å². The molecule has 0 radical (unpaired) electrons. The van der Waals surface area contributed by atoms with Gasteiger partial charge in [0.1, 0.15) is 11.3 Å². The number of anilines is 2. The Balaban J connectivity index is 1.32. The van der Waals surface area contributed by atoms with E-state index >= 15 is 0 Å². The standard InChI is InChI=1S/C19H18ClN7S/c1-25-12-13(9-22-25)15-10-21-11-17(23-15)26-5-7-27(8-6-26)19-24-18-14(20)3-2-4-16(18)28-19/h2-4,9-12H,5-8H2,1H3. The van der Waals surface area contributed by atoms with E-state index in [0.29, 0.717) is 5.02 Å². The van der Waals surface area contributed by atoms with Crippen LogP contribution >= 0.6 is 22.9 Å². The van der Waals surface area contributed by atoms with Gasteiger partial charge in [0.15, 0.2) is 5.13 Å². The summed E-state index contributed by atoms with van der Waals surface area (Å²) in [5, 5.41) is 5.95. The van der Waals surface area contributed by atoms with Crippen LogP contribution in [-0.4, -0.2) is 50.9 Å². The maximum atomic E-state index is 6.28. The molecule has 0 N–H and O–H groups in total. The molecule has 0 unspecified atom stereocenters. The first-order chi connectivity index (χ1) is 13.7. The van der Waals surface area contributed by atoms with Gasteiger partial charge >= 0.3 is 0 Å². The van der Waals surface area contributed by atoms with Gasteiger partial charge in [0.25, 0.3) is 0 Å². The van der Waals surface area contributed by atoms with Crippen LogP contribution in [0.1, 0.15) is 0 Å². The zero-order valence-electron chi connectivity index (χ0n) is 15.3. The van der Waals surface area contributed by atoms with Crippen LogP contribution in [0.4, 0.5) is 10.9 Å². The van der Waals surface area contributed by atoms with Gasteiger partial charge in [0.05, 0.1) is 34.0 Å². The summed E-state index contributed by atoms with van der Waals surface area (Å²) >= 11 is 7.97. The summed E-state index contributed by atoms with van der Waals surface area (Å²) in [6.07, 6.45) is 7.36. The lowest BCUT2D eigenvalue weighted by Crippen LogP contribution is -2.46. The molecular formula is C19H18ClN7S. The van der Waals surface area contributed by atoms with Crippen molar-refractivity contribution >= 4 is 44.1 Å². The SMILES string of the molecule is Cn1cc(-c2cncc(N3CCN(c4nc5c(Cl)cccc5s4)CC3)n2)cn1. The van der Waals surface area contributed by atoms with Crippen molar-refractivity contribution in [1.82, 2.24) is 24.7 Å². The number of aryl methyl sites for hydroxylation is 1. The van der Waals surface area contributed by atoms with E-state index in [0.717, 1.165) is 58.6 Å². The second-order valence-electron chi connectivity index (χ2n) is 6.72. The Bertz CT molecular complexity index is 1130. The number of hydrogen-bond donors (Lipinski definition) is 0. The molecule has 1 aliphatic heterocycles. The van der Waals surface area contributed by atoms with E-state index in [1.807, 2.05) is 37.8 Å². The molecule has 1 saturated heterocycles. The summed E-state index contributed by atoms with van der Waals surface area (Å²) in [6, 6.07) is 5.93. The predicted molar refractivity (Wildman–Crippen MR) is 113 cm³/mol. The van der Waals surface area contributed by atoms with Crippen molar-refractivity contribution in [2.24, 2.45) is 7.05 Å². The molecule has 1 aliphatic rings. The van der Waals surface area contributed by atoms with Crippen molar-refractivity contribution in [2.45, 2.75) is 0 Å². The van der Waals surface area contributed by atoms with E-state index in [4.69, 9.17) is 21.6 Å². The van der Waals surface area contributed by atoms with Crippen molar-refractivity contribution in [3.05, 3.63) is 48.0 Å². The fourth-order valence-electron chi connectivity index (χ4n) is 3.37. The van der Waals surface area contributed by atoms with Gasteiger partial charge in [-0.1, -0.05) is 29.0 Å². The Morgan fingerprint density at radius 2 is 1.82 bits per heavy atom. The molecule has 1 aromatic carbocycles.